The van der Waals surface area contributed by atoms with E-state index in [9.17, 15) is 4.79 Å². The first-order chi connectivity index (χ1) is 3.81. The maximum absolute atomic E-state index is 9.84. The Labute approximate surface area is 55.9 Å². The van der Waals surface area contributed by atoms with E-state index in [1.54, 1.807) is 0 Å². The van der Waals surface area contributed by atoms with Gasteiger partial charge in [0.15, 0.2) is 0 Å². The van der Waals surface area contributed by atoms with Gasteiger partial charge in [-0.1, -0.05) is 13.3 Å². The molecule has 0 saturated carbocycles. The molecule has 0 aliphatic carbocycles. The summed E-state index contributed by atoms with van der Waals surface area (Å²) in [5.41, 5.74) is 0. The molecule has 0 N–H and O–H groups in total. The molecule has 8 heavy (non-hydrogen) atoms. The maximum atomic E-state index is 9.84. The number of rotatable bonds is 4. The van der Waals surface area contributed by atoms with E-state index in [1.807, 2.05) is 0 Å². The molecule has 0 aromatic carbocycles. The molecule has 1 atom stereocenters. The summed E-state index contributed by atoms with van der Waals surface area (Å²) in [6.07, 6.45) is 3.67. The summed E-state index contributed by atoms with van der Waals surface area (Å²) in [5, 5.41) is 0.289. The third-order valence-electron chi connectivity index (χ3n) is 0.990. The van der Waals surface area contributed by atoms with E-state index in [1.165, 1.54) is 0 Å². The van der Waals surface area contributed by atoms with E-state index >= 15 is 0 Å². The first-order valence-electron chi connectivity index (χ1n) is 2.93. The van der Waals surface area contributed by atoms with Gasteiger partial charge in [-0.25, -0.2) is 0 Å². The molecule has 0 amide bonds. The van der Waals surface area contributed by atoms with E-state index in [2.05, 4.69) is 19.6 Å². The first-order valence-corrected chi connectivity index (χ1v) is 3.44. The Morgan fingerprint density at radius 2 is 2.38 bits per heavy atom. The molecule has 0 bridgehead atoms. The molecule has 0 heterocycles. The van der Waals surface area contributed by atoms with Crippen LogP contribution in [0.5, 0.6) is 0 Å². The van der Waals surface area contributed by atoms with Gasteiger partial charge in [0, 0.05) is 11.7 Å². The van der Waals surface area contributed by atoms with E-state index in [0.29, 0.717) is 6.42 Å². The van der Waals surface area contributed by atoms with Crippen LogP contribution in [-0.2, 0) is 4.79 Å². The molecule has 0 fully saturated rings. The normalized spacial score (nSPS) is 13.2. The molecule has 2 heteroatoms. The van der Waals surface area contributed by atoms with Gasteiger partial charge in [-0.15, -0.1) is 0 Å². The van der Waals surface area contributed by atoms with Gasteiger partial charge in [-0.2, -0.15) is 12.6 Å². The fraction of sp³-hybridized carbons (Fsp3) is 0.833. The summed E-state index contributed by atoms with van der Waals surface area (Å²) in [6.45, 7) is 2.09. The lowest BCUT2D eigenvalue weighted by molar-refractivity contribution is -0.107. The molecule has 0 spiro atoms. The summed E-state index contributed by atoms with van der Waals surface area (Å²) in [7, 11) is 0. The SMILES string of the molecule is CCC[C@@H](S)CC=O. The molecule has 0 aromatic rings. The van der Waals surface area contributed by atoms with Crippen LogP contribution in [0.2, 0.25) is 0 Å². The van der Waals surface area contributed by atoms with Crippen molar-refractivity contribution in [2.24, 2.45) is 0 Å². The molecule has 0 aliphatic rings. The van der Waals surface area contributed by atoms with Crippen LogP contribution >= 0.6 is 12.6 Å². The van der Waals surface area contributed by atoms with Crippen molar-refractivity contribution in [2.75, 3.05) is 0 Å². The smallest absolute Gasteiger partial charge is 0.121 e. The highest BCUT2D eigenvalue weighted by Gasteiger charge is 1.97. The Hall–Kier alpha value is 0.0200. The van der Waals surface area contributed by atoms with Gasteiger partial charge in [0.2, 0.25) is 0 Å². The highest BCUT2D eigenvalue weighted by molar-refractivity contribution is 7.81. The summed E-state index contributed by atoms with van der Waals surface area (Å²) in [6, 6.07) is 0. The van der Waals surface area contributed by atoms with Crippen LogP contribution in [0.3, 0.4) is 0 Å². The van der Waals surface area contributed by atoms with Crippen LogP contribution in [0.4, 0.5) is 0 Å². The van der Waals surface area contributed by atoms with Crippen LogP contribution in [0.15, 0.2) is 0 Å². The zero-order valence-electron chi connectivity index (χ0n) is 5.13. The van der Waals surface area contributed by atoms with E-state index in [4.69, 9.17) is 0 Å². The number of thiol groups is 1. The number of hydrogen-bond donors (Lipinski definition) is 1. The standard InChI is InChI=1S/C6H12OS/c1-2-3-6(8)4-5-7/h5-6,8H,2-4H2,1H3/t6-/m1/s1. The van der Waals surface area contributed by atoms with Crippen molar-refractivity contribution in [3.8, 4) is 0 Å². The molecule has 0 aromatic heterocycles. The van der Waals surface area contributed by atoms with Crippen LogP contribution in [0.25, 0.3) is 0 Å². The Balaban J connectivity index is 3.03. The van der Waals surface area contributed by atoms with Crippen molar-refractivity contribution in [1.82, 2.24) is 0 Å². The molecule has 0 radical (unpaired) electrons. The fourth-order valence-corrected chi connectivity index (χ4v) is 0.906. The monoisotopic (exact) mass is 132 g/mol. The third kappa shape index (κ3) is 4.19. The van der Waals surface area contributed by atoms with Crippen LogP contribution < -0.4 is 0 Å². The second-order valence-corrected chi connectivity index (χ2v) is 2.58. The second kappa shape index (κ2) is 5.16. The largest absolute Gasteiger partial charge is 0.303 e. The minimum atomic E-state index is 0.289. The summed E-state index contributed by atoms with van der Waals surface area (Å²) >= 11 is 4.16. The van der Waals surface area contributed by atoms with Crippen molar-refractivity contribution in [2.45, 2.75) is 31.4 Å². The van der Waals surface area contributed by atoms with Crippen molar-refractivity contribution in [1.29, 1.82) is 0 Å². The molecule has 0 rings (SSSR count). The van der Waals surface area contributed by atoms with E-state index in [-0.39, 0.29) is 5.25 Å². The maximum Gasteiger partial charge on any atom is 0.121 e. The molecule has 0 aliphatic heterocycles. The quantitative estimate of drug-likeness (QED) is 0.455. The Kier molecular flexibility index (Phi) is 5.18. The van der Waals surface area contributed by atoms with E-state index in [0.717, 1.165) is 19.1 Å². The van der Waals surface area contributed by atoms with Crippen LogP contribution in [-0.4, -0.2) is 11.5 Å². The van der Waals surface area contributed by atoms with Crippen molar-refractivity contribution >= 4 is 18.9 Å². The lowest BCUT2D eigenvalue weighted by Crippen LogP contribution is -1.97. The third-order valence-corrected chi connectivity index (χ3v) is 1.46. The van der Waals surface area contributed by atoms with Gasteiger partial charge in [0.1, 0.15) is 6.29 Å². The minimum Gasteiger partial charge on any atom is -0.303 e. The number of carbonyl (C=O) groups is 1. The minimum absolute atomic E-state index is 0.289. The molecular formula is C6H12OS. The van der Waals surface area contributed by atoms with Crippen LogP contribution in [0.1, 0.15) is 26.2 Å². The molecule has 1 nitrogen and oxygen atoms in total. The van der Waals surface area contributed by atoms with Gasteiger partial charge in [0.25, 0.3) is 0 Å². The summed E-state index contributed by atoms with van der Waals surface area (Å²) in [5.74, 6) is 0. The average molecular weight is 132 g/mol. The number of aldehydes is 1. The number of carbonyl (C=O) groups excluding carboxylic acids is 1. The van der Waals surface area contributed by atoms with Gasteiger partial charge in [-0.3, -0.25) is 0 Å². The van der Waals surface area contributed by atoms with Crippen molar-refractivity contribution in [3.05, 3.63) is 0 Å². The summed E-state index contributed by atoms with van der Waals surface area (Å²) in [4.78, 5) is 9.84. The Morgan fingerprint density at radius 1 is 1.75 bits per heavy atom. The zero-order valence-corrected chi connectivity index (χ0v) is 6.03. The fourth-order valence-electron chi connectivity index (χ4n) is 0.562. The van der Waals surface area contributed by atoms with Gasteiger partial charge in [-0.05, 0) is 6.42 Å². The van der Waals surface area contributed by atoms with Gasteiger partial charge >= 0.3 is 0 Å². The predicted octanol–water partition coefficient (Wildman–Crippen LogP) is 1.67. The number of hydrogen-bond acceptors (Lipinski definition) is 2. The lowest BCUT2D eigenvalue weighted by Gasteiger charge is -2.00. The van der Waals surface area contributed by atoms with Crippen molar-refractivity contribution < 1.29 is 4.79 Å². The first kappa shape index (κ1) is 8.02. The molecular weight excluding hydrogens is 120 g/mol. The lowest BCUT2D eigenvalue weighted by atomic mass is 10.2. The second-order valence-electron chi connectivity index (χ2n) is 1.84. The Bertz CT molecular complexity index is 63.5. The van der Waals surface area contributed by atoms with Crippen LogP contribution in [0, 0.1) is 0 Å². The molecule has 48 valence electrons. The topological polar surface area (TPSA) is 17.1 Å². The van der Waals surface area contributed by atoms with Gasteiger partial charge < -0.3 is 4.79 Å². The zero-order chi connectivity index (χ0) is 6.41. The molecule has 0 unspecified atom stereocenters. The Morgan fingerprint density at radius 3 is 2.75 bits per heavy atom. The van der Waals surface area contributed by atoms with Crippen molar-refractivity contribution in [3.63, 3.8) is 0 Å². The molecule has 0 saturated heterocycles. The summed E-state index contributed by atoms with van der Waals surface area (Å²) < 4.78 is 0. The van der Waals surface area contributed by atoms with E-state index < -0.39 is 0 Å². The average Bonchev–Trinajstić information content (AvgIpc) is 1.68. The predicted molar refractivity (Wildman–Crippen MR) is 38.4 cm³/mol. The highest BCUT2D eigenvalue weighted by atomic mass is 32.1. The van der Waals surface area contributed by atoms with Gasteiger partial charge in [0.05, 0.1) is 0 Å². The highest BCUT2D eigenvalue weighted by Crippen LogP contribution is 2.05.